The molecule has 0 aliphatic carbocycles. The Hall–Kier alpha value is -2.68. The van der Waals surface area contributed by atoms with Crippen LogP contribution in [0, 0.1) is 29.1 Å². The Labute approximate surface area is 176 Å². The molecule has 0 spiro atoms. The standard InChI is InChI=1S/C21H14BrF5N2O/c22-14-6-2-3-11-12(14)4-1-5-13(11)21(30)29-9-7-28(8-10-29)20-18(26)16(24)15(23)17(25)19(20)27/h1-6H,7-10H2. The molecular formula is C21H14BrF5N2O. The Bertz CT molecular complexity index is 1130. The molecule has 0 saturated carbocycles. The third-order valence-electron chi connectivity index (χ3n) is 5.17. The molecule has 1 aliphatic rings. The van der Waals surface area contributed by atoms with Crippen LogP contribution in [0.4, 0.5) is 27.6 Å². The van der Waals surface area contributed by atoms with Crippen molar-refractivity contribution in [3.8, 4) is 0 Å². The minimum Gasteiger partial charge on any atom is -0.363 e. The lowest BCUT2D eigenvalue weighted by Gasteiger charge is -2.36. The zero-order chi connectivity index (χ0) is 21.6. The summed E-state index contributed by atoms with van der Waals surface area (Å²) in [5, 5.41) is 1.61. The first kappa shape index (κ1) is 20.6. The summed E-state index contributed by atoms with van der Waals surface area (Å²) in [6.45, 7) is 0.00252. The van der Waals surface area contributed by atoms with Crippen molar-refractivity contribution in [2.75, 3.05) is 31.1 Å². The van der Waals surface area contributed by atoms with Crippen molar-refractivity contribution in [2.24, 2.45) is 0 Å². The predicted molar refractivity (Wildman–Crippen MR) is 106 cm³/mol. The first-order valence-electron chi connectivity index (χ1n) is 9.04. The van der Waals surface area contributed by atoms with Crippen molar-refractivity contribution >= 4 is 38.3 Å². The fraction of sp³-hybridized carbons (Fsp3) is 0.190. The number of hydrogen-bond acceptors (Lipinski definition) is 2. The number of piperazine rings is 1. The predicted octanol–water partition coefficient (Wildman–Crippen LogP) is 5.26. The molecule has 30 heavy (non-hydrogen) atoms. The number of carbonyl (C=O) groups is 1. The maximum absolute atomic E-state index is 14.1. The Kier molecular flexibility index (Phi) is 5.40. The van der Waals surface area contributed by atoms with Gasteiger partial charge in [-0.15, -0.1) is 0 Å². The third-order valence-corrected chi connectivity index (χ3v) is 5.86. The van der Waals surface area contributed by atoms with Gasteiger partial charge >= 0.3 is 0 Å². The number of hydrogen-bond donors (Lipinski definition) is 0. The van der Waals surface area contributed by atoms with Crippen molar-refractivity contribution in [1.29, 1.82) is 0 Å². The molecule has 0 aromatic heterocycles. The number of benzene rings is 3. The Morgan fingerprint density at radius 2 is 1.27 bits per heavy atom. The molecule has 0 unspecified atom stereocenters. The average molecular weight is 485 g/mol. The van der Waals surface area contributed by atoms with Crippen LogP contribution in [0.5, 0.6) is 0 Å². The van der Waals surface area contributed by atoms with Crippen LogP contribution in [-0.4, -0.2) is 37.0 Å². The van der Waals surface area contributed by atoms with Crippen LogP contribution in [-0.2, 0) is 0 Å². The van der Waals surface area contributed by atoms with Crippen molar-refractivity contribution < 1.29 is 26.7 Å². The summed E-state index contributed by atoms with van der Waals surface area (Å²) >= 11 is 3.45. The van der Waals surface area contributed by atoms with Crippen LogP contribution in [0.2, 0.25) is 0 Å². The van der Waals surface area contributed by atoms with Crippen molar-refractivity contribution in [1.82, 2.24) is 4.90 Å². The summed E-state index contributed by atoms with van der Waals surface area (Å²) in [7, 11) is 0. The molecule has 3 nitrogen and oxygen atoms in total. The summed E-state index contributed by atoms with van der Waals surface area (Å²) in [5.74, 6) is -10.2. The topological polar surface area (TPSA) is 23.6 Å². The van der Waals surface area contributed by atoms with Gasteiger partial charge in [0.05, 0.1) is 0 Å². The van der Waals surface area contributed by atoms with Gasteiger partial charge in [-0.25, -0.2) is 22.0 Å². The van der Waals surface area contributed by atoms with E-state index in [9.17, 15) is 26.7 Å². The van der Waals surface area contributed by atoms with E-state index in [1.54, 1.807) is 12.1 Å². The van der Waals surface area contributed by atoms with Crippen LogP contribution < -0.4 is 4.90 Å². The number of anilines is 1. The number of halogens is 6. The highest BCUT2D eigenvalue weighted by Crippen LogP contribution is 2.31. The Morgan fingerprint density at radius 3 is 1.90 bits per heavy atom. The van der Waals surface area contributed by atoms with Crippen molar-refractivity contribution in [3.05, 3.63) is 75.5 Å². The highest BCUT2D eigenvalue weighted by atomic mass is 79.9. The normalized spacial score (nSPS) is 14.5. The van der Waals surface area contributed by atoms with Gasteiger partial charge in [0.2, 0.25) is 5.82 Å². The first-order valence-corrected chi connectivity index (χ1v) is 9.83. The quantitative estimate of drug-likeness (QED) is 0.281. The molecule has 0 N–H and O–H groups in total. The maximum atomic E-state index is 14.1. The summed E-state index contributed by atoms with van der Waals surface area (Å²) in [5.41, 5.74) is -0.494. The van der Waals surface area contributed by atoms with Crippen molar-refractivity contribution in [3.63, 3.8) is 0 Å². The second-order valence-corrected chi connectivity index (χ2v) is 7.69. The van der Waals surface area contributed by atoms with E-state index < -0.39 is 34.8 Å². The molecule has 1 saturated heterocycles. The van der Waals surface area contributed by atoms with E-state index in [1.807, 2.05) is 24.3 Å². The molecule has 156 valence electrons. The molecule has 0 bridgehead atoms. The lowest BCUT2D eigenvalue weighted by Crippen LogP contribution is -2.49. The number of rotatable bonds is 2. The summed E-state index contributed by atoms with van der Waals surface area (Å²) in [6, 6.07) is 10.8. The Balaban J connectivity index is 1.58. The monoisotopic (exact) mass is 484 g/mol. The second kappa shape index (κ2) is 7.86. The first-order chi connectivity index (χ1) is 14.3. The number of nitrogens with zero attached hydrogens (tertiary/aromatic N) is 2. The molecule has 3 aromatic carbocycles. The number of amides is 1. The molecular weight excluding hydrogens is 471 g/mol. The van der Waals surface area contributed by atoms with E-state index in [4.69, 9.17) is 0 Å². The van der Waals surface area contributed by atoms with Crippen LogP contribution in [0.1, 0.15) is 10.4 Å². The maximum Gasteiger partial charge on any atom is 0.254 e. The van der Waals surface area contributed by atoms with Crippen LogP contribution >= 0.6 is 15.9 Å². The lowest BCUT2D eigenvalue weighted by molar-refractivity contribution is 0.0748. The highest BCUT2D eigenvalue weighted by Gasteiger charge is 2.32. The van der Waals surface area contributed by atoms with Crippen LogP contribution in [0.3, 0.4) is 0 Å². The van der Waals surface area contributed by atoms with Gasteiger partial charge in [-0.2, -0.15) is 0 Å². The molecule has 9 heteroatoms. The van der Waals surface area contributed by atoms with E-state index in [-0.39, 0.29) is 32.1 Å². The van der Waals surface area contributed by atoms with Gasteiger partial charge in [-0.3, -0.25) is 4.79 Å². The van der Waals surface area contributed by atoms with E-state index in [1.165, 1.54) is 4.90 Å². The lowest BCUT2D eigenvalue weighted by atomic mass is 10.0. The van der Waals surface area contributed by atoms with E-state index in [2.05, 4.69) is 15.9 Å². The largest absolute Gasteiger partial charge is 0.363 e. The fourth-order valence-corrected chi connectivity index (χ4v) is 4.13. The molecule has 0 radical (unpaired) electrons. The Morgan fingerprint density at radius 1 is 0.733 bits per heavy atom. The zero-order valence-electron chi connectivity index (χ0n) is 15.4. The highest BCUT2D eigenvalue weighted by molar-refractivity contribution is 9.10. The summed E-state index contributed by atoms with van der Waals surface area (Å²) in [4.78, 5) is 15.6. The van der Waals surface area contributed by atoms with Gasteiger partial charge in [0.25, 0.3) is 5.91 Å². The van der Waals surface area contributed by atoms with Crippen LogP contribution in [0.15, 0.2) is 40.9 Å². The summed E-state index contributed by atoms with van der Waals surface area (Å²) in [6.07, 6.45) is 0. The van der Waals surface area contributed by atoms with Crippen LogP contribution in [0.25, 0.3) is 10.8 Å². The second-order valence-electron chi connectivity index (χ2n) is 6.84. The van der Waals surface area contributed by atoms with E-state index in [0.717, 1.165) is 20.1 Å². The van der Waals surface area contributed by atoms with Gasteiger partial charge < -0.3 is 9.80 Å². The van der Waals surface area contributed by atoms with Gasteiger partial charge in [-0.05, 0) is 22.9 Å². The van der Waals surface area contributed by atoms with Gasteiger partial charge in [0.1, 0.15) is 5.69 Å². The average Bonchev–Trinajstić information content (AvgIpc) is 2.76. The van der Waals surface area contributed by atoms with E-state index in [0.29, 0.717) is 5.56 Å². The minimum atomic E-state index is -2.19. The molecule has 1 heterocycles. The van der Waals surface area contributed by atoms with Gasteiger partial charge in [0, 0.05) is 36.2 Å². The van der Waals surface area contributed by atoms with Crippen molar-refractivity contribution in [2.45, 2.75) is 0 Å². The molecule has 3 aromatic rings. The fourth-order valence-electron chi connectivity index (χ4n) is 3.63. The summed E-state index contributed by atoms with van der Waals surface area (Å²) < 4.78 is 69.3. The molecule has 1 fully saturated rings. The van der Waals surface area contributed by atoms with E-state index >= 15 is 0 Å². The smallest absolute Gasteiger partial charge is 0.254 e. The number of fused-ring (bicyclic) bond motifs is 1. The van der Waals surface area contributed by atoms with Gasteiger partial charge in [0.15, 0.2) is 23.3 Å². The molecule has 1 amide bonds. The molecule has 1 aliphatic heterocycles. The SMILES string of the molecule is O=C(c1cccc2c(Br)cccc12)N1CCN(c2c(F)c(F)c(F)c(F)c2F)CC1. The minimum absolute atomic E-state index is 0.0709. The molecule has 0 atom stereocenters. The third kappa shape index (κ3) is 3.30. The molecule has 4 rings (SSSR count). The van der Waals surface area contributed by atoms with Gasteiger partial charge in [-0.1, -0.05) is 40.2 Å². The zero-order valence-corrected chi connectivity index (χ0v) is 16.9. The number of carbonyl (C=O) groups excluding carboxylic acids is 1.